The molecule has 0 saturated carbocycles. The van der Waals surface area contributed by atoms with Gasteiger partial charge in [-0.1, -0.05) is 200 Å². The first-order chi connectivity index (χ1) is 26.5. The third-order valence-electron chi connectivity index (χ3n) is 10.4. The van der Waals surface area contributed by atoms with Crippen molar-refractivity contribution in [3.8, 4) is 0 Å². The summed E-state index contributed by atoms with van der Waals surface area (Å²) in [6, 6.07) is 0. The Balaban J connectivity index is 4.19. The van der Waals surface area contributed by atoms with Crippen LogP contribution in [-0.4, -0.2) is 74.9 Å². The molecule has 0 spiro atoms. The number of nitrogens with zero attached hydrogens (tertiary/aromatic N) is 1. The van der Waals surface area contributed by atoms with Crippen LogP contribution < -0.4 is 0 Å². The van der Waals surface area contributed by atoms with Crippen LogP contribution in [0, 0.1) is 0 Å². The molecule has 2 atom stereocenters. The van der Waals surface area contributed by atoms with E-state index in [-0.39, 0.29) is 25.6 Å². The molecule has 55 heavy (non-hydrogen) atoms. The van der Waals surface area contributed by atoms with Gasteiger partial charge < -0.3 is 18.9 Å². The second-order valence-electron chi connectivity index (χ2n) is 17.2. The summed E-state index contributed by atoms with van der Waals surface area (Å²) in [7, 11) is 1.49. The van der Waals surface area contributed by atoms with E-state index in [1.807, 2.05) is 21.1 Å². The number of carbonyl (C=O) groups excluding carboxylic acids is 2. The number of phosphoric ester groups is 1. The number of unbranched alkanes of at least 4 members (excludes halogenated alkanes) is 29. The average Bonchev–Trinajstić information content (AvgIpc) is 3.13. The van der Waals surface area contributed by atoms with E-state index >= 15 is 0 Å². The van der Waals surface area contributed by atoms with Crippen molar-refractivity contribution in [1.82, 2.24) is 0 Å². The van der Waals surface area contributed by atoms with Crippen molar-refractivity contribution in [2.45, 2.75) is 232 Å². The highest BCUT2D eigenvalue weighted by Gasteiger charge is 2.27. The number of likely N-dealkylation sites (N-methyl/N-ethyl adjacent to an activating group) is 1. The summed E-state index contributed by atoms with van der Waals surface area (Å²) in [4.78, 5) is 35.3. The van der Waals surface area contributed by atoms with E-state index in [0.717, 1.165) is 38.5 Å². The lowest BCUT2D eigenvalue weighted by Gasteiger charge is -2.24. The second-order valence-corrected chi connectivity index (χ2v) is 18.6. The van der Waals surface area contributed by atoms with Crippen LogP contribution in [0.2, 0.25) is 0 Å². The van der Waals surface area contributed by atoms with Gasteiger partial charge in [0.1, 0.15) is 19.8 Å². The molecule has 0 rings (SSSR count). The first kappa shape index (κ1) is 54.0. The van der Waals surface area contributed by atoms with Gasteiger partial charge in [-0.15, -0.1) is 0 Å². The Morgan fingerprint density at radius 1 is 0.491 bits per heavy atom. The first-order valence-electron chi connectivity index (χ1n) is 23.3. The van der Waals surface area contributed by atoms with Gasteiger partial charge in [0.25, 0.3) is 0 Å². The molecule has 0 aliphatic heterocycles. The molecule has 0 aliphatic rings. The third kappa shape index (κ3) is 42.4. The Morgan fingerprint density at radius 2 is 0.818 bits per heavy atom. The van der Waals surface area contributed by atoms with E-state index in [0.29, 0.717) is 17.4 Å². The summed E-state index contributed by atoms with van der Waals surface area (Å²) in [5, 5.41) is 0. The minimum Gasteiger partial charge on any atom is -0.462 e. The molecule has 0 aliphatic carbocycles. The fourth-order valence-corrected chi connectivity index (χ4v) is 7.46. The van der Waals surface area contributed by atoms with Crippen molar-refractivity contribution in [3.05, 3.63) is 0 Å². The molecule has 0 heterocycles. The van der Waals surface area contributed by atoms with Crippen molar-refractivity contribution < 1.29 is 42.1 Å². The van der Waals surface area contributed by atoms with Crippen LogP contribution in [0.15, 0.2) is 0 Å². The van der Waals surface area contributed by atoms with Gasteiger partial charge in [0.05, 0.1) is 27.7 Å². The fourth-order valence-electron chi connectivity index (χ4n) is 6.72. The molecule has 10 heteroatoms. The van der Waals surface area contributed by atoms with Crippen LogP contribution in [0.5, 0.6) is 0 Å². The largest absolute Gasteiger partial charge is 0.472 e. The van der Waals surface area contributed by atoms with Crippen LogP contribution >= 0.6 is 7.82 Å². The molecule has 0 aromatic carbocycles. The molecule has 0 aromatic rings. The molecule has 0 amide bonds. The maximum atomic E-state index is 12.6. The van der Waals surface area contributed by atoms with E-state index in [1.54, 1.807) is 0 Å². The monoisotopic (exact) mass is 805 g/mol. The molecular weight excluding hydrogens is 713 g/mol. The lowest BCUT2D eigenvalue weighted by Crippen LogP contribution is -2.37. The van der Waals surface area contributed by atoms with Gasteiger partial charge in [-0.25, -0.2) is 4.57 Å². The predicted octanol–water partition coefficient (Wildman–Crippen LogP) is 13.2. The van der Waals surface area contributed by atoms with Gasteiger partial charge in [0, 0.05) is 12.8 Å². The highest BCUT2D eigenvalue weighted by atomic mass is 31.2. The van der Waals surface area contributed by atoms with Crippen molar-refractivity contribution in [1.29, 1.82) is 0 Å². The van der Waals surface area contributed by atoms with Gasteiger partial charge in [-0.05, 0) is 12.8 Å². The Hall–Kier alpha value is -0.990. The number of phosphoric acid groups is 1. The summed E-state index contributed by atoms with van der Waals surface area (Å²) >= 11 is 0. The predicted molar refractivity (Wildman–Crippen MR) is 229 cm³/mol. The van der Waals surface area contributed by atoms with Gasteiger partial charge >= 0.3 is 19.8 Å². The maximum absolute atomic E-state index is 12.6. The molecule has 0 fully saturated rings. The number of hydrogen-bond donors (Lipinski definition) is 1. The van der Waals surface area contributed by atoms with Crippen molar-refractivity contribution in [2.75, 3.05) is 47.5 Å². The van der Waals surface area contributed by atoms with Crippen LogP contribution in [0.25, 0.3) is 0 Å². The second kappa shape index (κ2) is 38.5. The highest BCUT2D eigenvalue weighted by Crippen LogP contribution is 2.43. The summed E-state index contributed by atoms with van der Waals surface area (Å²) in [6.45, 7) is 4.45. The Morgan fingerprint density at radius 3 is 1.16 bits per heavy atom. The zero-order valence-corrected chi connectivity index (χ0v) is 37.8. The van der Waals surface area contributed by atoms with Gasteiger partial charge in [0.2, 0.25) is 0 Å². The summed E-state index contributed by atoms with van der Waals surface area (Å²) in [5.74, 6) is -0.784. The third-order valence-corrected chi connectivity index (χ3v) is 11.4. The summed E-state index contributed by atoms with van der Waals surface area (Å²) < 4.78 is 34.3. The Labute approximate surface area is 340 Å². The van der Waals surface area contributed by atoms with Crippen LogP contribution in [0.1, 0.15) is 226 Å². The molecule has 2 unspecified atom stereocenters. The average molecular weight is 805 g/mol. The van der Waals surface area contributed by atoms with Gasteiger partial charge in [-0.2, -0.15) is 0 Å². The number of rotatable bonds is 43. The zero-order valence-electron chi connectivity index (χ0n) is 36.9. The van der Waals surface area contributed by atoms with Crippen molar-refractivity contribution in [3.63, 3.8) is 0 Å². The molecule has 328 valence electrons. The summed E-state index contributed by atoms with van der Waals surface area (Å²) in [6.07, 6.45) is 38.7. The number of esters is 2. The standard InChI is InChI=1S/C45H90NO8P/c1-6-8-10-12-14-16-18-19-20-21-22-23-24-25-26-28-29-31-33-35-37-44(47)51-41-43(42-53-55(49,50)52-40-39-46(3,4)5)54-45(48)38-36-34-32-30-27-17-15-13-11-9-7-2/h43H,6-42H2,1-5H3/p+1. The molecule has 0 radical (unpaired) electrons. The van der Waals surface area contributed by atoms with E-state index < -0.39 is 26.5 Å². The highest BCUT2D eigenvalue weighted by molar-refractivity contribution is 7.47. The number of carbonyl (C=O) groups is 2. The van der Waals surface area contributed by atoms with Gasteiger partial charge in [-0.3, -0.25) is 18.6 Å². The Kier molecular flexibility index (Phi) is 37.8. The molecule has 1 N–H and O–H groups in total. The SMILES string of the molecule is CCCCCCCCCCCCCCCCCCCCCCC(=O)OCC(COP(=O)(O)OCC[N+](C)(C)C)OC(=O)CCCCCCCCCCCCC. The maximum Gasteiger partial charge on any atom is 0.472 e. The zero-order chi connectivity index (χ0) is 40.7. The summed E-state index contributed by atoms with van der Waals surface area (Å²) in [5.41, 5.74) is 0. The topological polar surface area (TPSA) is 108 Å². The van der Waals surface area contributed by atoms with E-state index in [4.69, 9.17) is 18.5 Å². The van der Waals surface area contributed by atoms with E-state index in [1.165, 1.54) is 161 Å². The minimum atomic E-state index is -4.36. The normalized spacial score (nSPS) is 13.5. The lowest BCUT2D eigenvalue weighted by atomic mass is 10.0. The number of ether oxygens (including phenoxy) is 2. The smallest absolute Gasteiger partial charge is 0.462 e. The van der Waals surface area contributed by atoms with Gasteiger partial charge in [0.15, 0.2) is 6.10 Å². The van der Waals surface area contributed by atoms with Crippen LogP contribution in [-0.2, 0) is 32.7 Å². The molecule has 0 saturated heterocycles. The minimum absolute atomic E-state index is 0.0368. The van der Waals surface area contributed by atoms with Crippen molar-refractivity contribution >= 4 is 19.8 Å². The molecule has 0 bridgehead atoms. The van der Waals surface area contributed by atoms with Crippen LogP contribution in [0.3, 0.4) is 0 Å². The lowest BCUT2D eigenvalue weighted by molar-refractivity contribution is -0.870. The first-order valence-corrected chi connectivity index (χ1v) is 24.8. The Bertz CT molecular complexity index is 912. The fraction of sp³-hybridized carbons (Fsp3) is 0.956. The van der Waals surface area contributed by atoms with Crippen LogP contribution in [0.4, 0.5) is 0 Å². The molecule has 9 nitrogen and oxygen atoms in total. The molecule has 0 aromatic heterocycles. The van der Waals surface area contributed by atoms with E-state index in [9.17, 15) is 19.0 Å². The van der Waals surface area contributed by atoms with Crippen molar-refractivity contribution in [2.24, 2.45) is 0 Å². The van der Waals surface area contributed by atoms with E-state index in [2.05, 4.69) is 13.8 Å². The number of hydrogen-bond acceptors (Lipinski definition) is 7. The number of quaternary nitrogens is 1. The quantitative estimate of drug-likeness (QED) is 0.0281. The molecular formula is C45H91NO8P+.